The number of anilines is 1. The second-order valence-corrected chi connectivity index (χ2v) is 9.07. The molecular formula is C26H20Cl3NO4. The van der Waals surface area contributed by atoms with Crippen molar-refractivity contribution in [3.63, 3.8) is 0 Å². The highest BCUT2D eigenvalue weighted by molar-refractivity contribution is 6.52. The lowest BCUT2D eigenvalue weighted by atomic mass is 9.94. The summed E-state index contributed by atoms with van der Waals surface area (Å²) in [6, 6.07) is 15.8. The normalized spacial score (nSPS) is 17.3. The predicted octanol–water partition coefficient (Wildman–Crippen LogP) is 6.98. The van der Waals surface area contributed by atoms with Gasteiger partial charge in [0.1, 0.15) is 11.5 Å². The third-order valence-electron chi connectivity index (χ3n) is 5.43. The van der Waals surface area contributed by atoms with Crippen molar-refractivity contribution in [3.05, 3.63) is 98.0 Å². The van der Waals surface area contributed by atoms with Gasteiger partial charge in [-0.25, -0.2) is 0 Å². The first-order valence-corrected chi connectivity index (χ1v) is 11.6. The summed E-state index contributed by atoms with van der Waals surface area (Å²) in [5.74, 6) is -1.59. The number of ether oxygens (including phenoxy) is 1. The molecule has 0 aliphatic carbocycles. The van der Waals surface area contributed by atoms with E-state index in [4.69, 9.17) is 39.5 Å². The molecule has 3 aromatic rings. The molecule has 1 N–H and O–H groups in total. The Hall–Kier alpha value is -2.99. The monoisotopic (exact) mass is 515 g/mol. The van der Waals surface area contributed by atoms with E-state index in [0.29, 0.717) is 33.7 Å². The maximum absolute atomic E-state index is 13.3. The first-order valence-electron chi connectivity index (χ1n) is 10.5. The zero-order valence-corrected chi connectivity index (χ0v) is 20.6. The van der Waals surface area contributed by atoms with Crippen LogP contribution in [0.15, 0.2) is 66.2 Å². The smallest absolute Gasteiger partial charge is 0.300 e. The van der Waals surface area contributed by atoms with E-state index in [2.05, 4.69) is 0 Å². The summed E-state index contributed by atoms with van der Waals surface area (Å²) in [7, 11) is 0. The van der Waals surface area contributed by atoms with E-state index in [-0.39, 0.29) is 16.2 Å². The molecule has 0 aromatic heterocycles. The minimum Gasteiger partial charge on any atom is -0.507 e. The van der Waals surface area contributed by atoms with Crippen molar-refractivity contribution in [2.24, 2.45) is 0 Å². The van der Waals surface area contributed by atoms with Crippen LogP contribution in [0.1, 0.15) is 29.7 Å². The van der Waals surface area contributed by atoms with Crippen molar-refractivity contribution in [3.8, 4) is 5.75 Å². The van der Waals surface area contributed by atoms with Gasteiger partial charge < -0.3 is 9.84 Å². The van der Waals surface area contributed by atoms with Crippen LogP contribution in [0, 0.1) is 6.92 Å². The number of benzene rings is 3. The Bertz CT molecular complexity index is 1320. The average molecular weight is 517 g/mol. The van der Waals surface area contributed by atoms with Crippen molar-refractivity contribution < 1.29 is 19.4 Å². The van der Waals surface area contributed by atoms with Gasteiger partial charge in [-0.1, -0.05) is 64.6 Å². The molecule has 34 heavy (non-hydrogen) atoms. The zero-order valence-electron chi connectivity index (χ0n) is 18.3. The fourth-order valence-electron chi connectivity index (χ4n) is 4.02. The van der Waals surface area contributed by atoms with Gasteiger partial charge in [-0.05, 0) is 55.8 Å². The third-order valence-corrected chi connectivity index (χ3v) is 6.20. The molecule has 0 saturated carbocycles. The number of ketones is 1. The second-order valence-electron chi connectivity index (χ2n) is 7.79. The standard InChI is InChI=1S/C26H20Cl3NO4/c1-3-34-19-7-8-21(29)20(13-19)24(31)22-23(15-6-4-5-14(2)9-15)30(26(33)25(22)32)18-11-16(27)10-17(28)12-18/h4-13,23,31H,3H2,1-2H3/b24-22+. The van der Waals surface area contributed by atoms with Crippen LogP contribution in [0.2, 0.25) is 15.1 Å². The molecule has 1 fully saturated rings. The molecule has 0 spiro atoms. The quantitative estimate of drug-likeness (QED) is 0.226. The fraction of sp³-hybridized carbons (Fsp3) is 0.154. The van der Waals surface area contributed by atoms with Crippen molar-refractivity contribution in [1.29, 1.82) is 0 Å². The first kappa shape index (κ1) is 24.1. The lowest BCUT2D eigenvalue weighted by molar-refractivity contribution is -0.132. The Morgan fingerprint density at radius 1 is 1.00 bits per heavy atom. The molecule has 0 bridgehead atoms. The Morgan fingerprint density at radius 3 is 2.35 bits per heavy atom. The Kier molecular flexibility index (Phi) is 6.89. The van der Waals surface area contributed by atoms with Crippen LogP contribution in [0.4, 0.5) is 5.69 Å². The van der Waals surface area contributed by atoms with E-state index in [1.165, 1.54) is 17.0 Å². The molecule has 1 amide bonds. The predicted molar refractivity (Wildman–Crippen MR) is 135 cm³/mol. The summed E-state index contributed by atoms with van der Waals surface area (Å²) in [5.41, 5.74) is 1.98. The molecule has 3 aromatic carbocycles. The van der Waals surface area contributed by atoms with Crippen LogP contribution < -0.4 is 9.64 Å². The number of hydrogen-bond acceptors (Lipinski definition) is 4. The van der Waals surface area contributed by atoms with Gasteiger partial charge in [0.15, 0.2) is 0 Å². The second kappa shape index (κ2) is 9.71. The summed E-state index contributed by atoms with van der Waals surface area (Å²) >= 11 is 18.8. The molecule has 4 rings (SSSR count). The highest BCUT2D eigenvalue weighted by Gasteiger charge is 2.47. The highest BCUT2D eigenvalue weighted by Crippen LogP contribution is 2.44. The number of aliphatic hydroxyl groups is 1. The number of hydrogen-bond donors (Lipinski definition) is 1. The lowest BCUT2D eigenvalue weighted by Crippen LogP contribution is -2.29. The summed E-state index contributed by atoms with van der Waals surface area (Å²) < 4.78 is 5.52. The lowest BCUT2D eigenvalue weighted by Gasteiger charge is -2.26. The molecule has 8 heteroatoms. The molecule has 1 saturated heterocycles. The van der Waals surface area contributed by atoms with Gasteiger partial charge in [0.05, 0.1) is 23.2 Å². The SMILES string of the molecule is CCOc1ccc(Cl)c(/C(O)=C2\C(=O)C(=O)N(c3cc(Cl)cc(Cl)c3)C2c2cccc(C)c2)c1. The molecule has 1 heterocycles. The van der Waals surface area contributed by atoms with Gasteiger partial charge in [-0.2, -0.15) is 0 Å². The summed E-state index contributed by atoms with van der Waals surface area (Å²) in [6.07, 6.45) is 0. The third kappa shape index (κ3) is 4.51. The average Bonchev–Trinajstić information content (AvgIpc) is 3.05. The molecule has 174 valence electrons. The summed E-state index contributed by atoms with van der Waals surface area (Å²) in [4.78, 5) is 27.9. The van der Waals surface area contributed by atoms with E-state index in [1.807, 2.05) is 32.0 Å². The van der Waals surface area contributed by atoms with E-state index in [1.54, 1.807) is 30.3 Å². The van der Waals surface area contributed by atoms with Crippen LogP contribution in [0.25, 0.3) is 5.76 Å². The molecule has 1 aliphatic heterocycles. The van der Waals surface area contributed by atoms with E-state index < -0.39 is 23.5 Å². The van der Waals surface area contributed by atoms with Gasteiger partial charge in [0.2, 0.25) is 0 Å². The van der Waals surface area contributed by atoms with Crippen LogP contribution in [0.5, 0.6) is 5.75 Å². The number of rotatable bonds is 5. The molecule has 5 nitrogen and oxygen atoms in total. The van der Waals surface area contributed by atoms with E-state index in [9.17, 15) is 14.7 Å². The number of amides is 1. The van der Waals surface area contributed by atoms with Gasteiger partial charge in [0, 0.05) is 21.3 Å². The van der Waals surface area contributed by atoms with Crippen LogP contribution in [-0.2, 0) is 9.59 Å². The Morgan fingerprint density at radius 2 is 1.71 bits per heavy atom. The molecule has 1 aliphatic rings. The number of Topliss-reactive ketones (excluding diaryl/α,β-unsaturated/α-hetero) is 1. The van der Waals surface area contributed by atoms with Crippen LogP contribution in [0.3, 0.4) is 0 Å². The number of carbonyl (C=O) groups is 2. The fourth-order valence-corrected chi connectivity index (χ4v) is 4.74. The van der Waals surface area contributed by atoms with E-state index >= 15 is 0 Å². The van der Waals surface area contributed by atoms with Crippen molar-refractivity contribution in [2.75, 3.05) is 11.5 Å². The van der Waals surface area contributed by atoms with E-state index in [0.717, 1.165) is 5.56 Å². The van der Waals surface area contributed by atoms with Crippen LogP contribution >= 0.6 is 34.8 Å². The number of nitrogens with zero attached hydrogens (tertiary/aromatic N) is 1. The molecular weight excluding hydrogens is 497 g/mol. The maximum atomic E-state index is 13.3. The van der Waals surface area contributed by atoms with Gasteiger partial charge in [0.25, 0.3) is 11.7 Å². The van der Waals surface area contributed by atoms with Gasteiger partial charge >= 0.3 is 0 Å². The van der Waals surface area contributed by atoms with Crippen molar-refractivity contribution >= 4 is 57.9 Å². The maximum Gasteiger partial charge on any atom is 0.300 e. The number of halogens is 3. The minimum atomic E-state index is -0.929. The Balaban J connectivity index is 1.98. The van der Waals surface area contributed by atoms with Crippen molar-refractivity contribution in [2.45, 2.75) is 19.9 Å². The first-order chi connectivity index (χ1) is 16.2. The summed E-state index contributed by atoms with van der Waals surface area (Å²) in [5, 5.41) is 12.2. The molecule has 1 atom stereocenters. The number of aliphatic hydroxyl groups excluding tert-OH is 1. The summed E-state index contributed by atoms with van der Waals surface area (Å²) in [6.45, 7) is 4.13. The van der Waals surface area contributed by atoms with Crippen LogP contribution in [-0.4, -0.2) is 23.4 Å². The number of carbonyl (C=O) groups excluding carboxylic acids is 2. The largest absolute Gasteiger partial charge is 0.507 e. The minimum absolute atomic E-state index is 0.0951. The van der Waals surface area contributed by atoms with Gasteiger partial charge in [-0.3, -0.25) is 14.5 Å². The molecule has 1 unspecified atom stereocenters. The molecule has 0 radical (unpaired) electrons. The Labute approximate surface area is 212 Å². The highest BCUT2D eigenvalue weighted by atomic mass is 35.5. The van der Waals surface area contributed by atoms with Crippen molar-refractivity contribution in [1.82, 2.24) is 0 Å². The zero-order chi connectivity index (χ0) is 24.6. The topological polar surface area (TPSA) is 66.8 Å². The number of aryl methyl sites for hydroxylation is 1. The van der Waals surface area contributed by atoms with Gasteiger partial charge in [-0.15, -0.1) is 0 Å².